The Morgan fingerprint density at radius 1 is 1.19 bits per heavy atom. The molecule has 0 bridgehead atoms. The van der Waals surface area contributed by atoms with Crippen molar-refractivity contribution < 1.29 is 0 Å². The van der Waals surface area contributed by atoms with Gasteiger partial charge < -0.3 is 15.5 Å². The van der Waals surface area contributed by atoms with Crippen LogP contribution in [-0.4, -0.2) is 29.1 Å². The van der Waals surface area contributed by atoms with Crippen molar-refractivity contribution in [1.29, 1.82) is 5.26 Å². The number of hydrogen-bond donors (Lipinski definition) is 2. The highest BCUT2D eigenvalue weighted by Crippen LogP contribution is 2.21. The Labute approximate surface area is 148 Å². The minimum atomic E-state index is 0.185. The number of rotatable bonds is 5. The third kappa shape index (κ3) is 3.03. The van der Waals surface area contributed by atoms with Crippen LogP contribution in [0.2, 0.25) is 0 Å². The summed E-state index contributed by atoms with van der Waals surface area (Å²) in [6.07, 6.45) is 10.6. The van der Waals surface area contributed by atoms with Crippen molar-refractivity contribution >= 4 is 17.3 Å². The van der Waals surface area contributed by atoms with Crippen LogP contribution >= 0.6 is 0 Å². The van der Waals surface area contributed by atoms with Crippen LogP contribution in [-0.2, 0) is 13.1 Å². The normalized spacial score (nSPS) is 10.7. The van der Waals surface area contributed by atoms with Gasteiger partial charge in [0.1, 0.15) is 12.2 Å². The molecule has 0 atom stereocenters. The van der Waals surface area contributed by atoms with Gasteiger partial charge in [0, 0.05) is 36.9 Å². The zero-order chi connectivity index (χ0) is 17.9. The van der Waals surface area contributed by atoms with E-state index in [2.05, 4.69) is 25.4 Å². The van der Waals surface area contributed by atoms with Gasteiger partial charge in [-0.05, 0) is 11.6 Å². The van der Waals surface area contributed by atoms with E-state index in [0.717, 1.165) is 16.8 Å². The standard InChI is InChI=1S/C17H15N9/c18-3-5-26-11-13(8-23-26)14-9-21-16(19)17(24-14)22-7-12-1-2-15-20-4-6-25(15)10-12/h1-2,4,6,8-11H,5,7H2,(H2,19,21)(H,22,24). The summed E-state index contributed by atoms with van der Waals surface area (Å²) in [5.41, 5.74) is 9.30. The van der Waals surface area contributed by atoms with E-state index in [0.29, 0.717) is 23.9 Å². The Morgan fingerprint density at radius 2 is 2.12 bits per heavy atom. The van der Waals surface area contributed by atoms with Gasteiger partial charge in [0.05, 0.1) is 24.2 Å². The SMILES string of the molecule is N#CCn1cc(-c2cnc(N)c(NCc3ccc4nccn4c3)n2)cn1. The Morgan fingerprint density at radius 3 is 3.00 bits per heavy atom. The van der Waals surface area contributed by atoms with Crippen molar-refractivity contribution in [3.63, 3.8) is 0 Å². The maximum Gasteiger partial charge on any atom is 0.169 e. The first-order chi connectivity index (χ1) is 12.7. The monoisotopic (exact) mass is 345 g/mol. The van der Waals surface area contributed by atoms with Crippen molar-refractivity contribution in [2.45, 2.75) is 13.1 Å². The number of nitrogen functional groups attached to an aromatic ring is 1. The average molecular weight is 345 g/mol. The van der Waals surface area contributed by atoms with E-state index >= 15 is 0 Å². The molecule has 4 rings (SSSR count). The highest BCUT2D eigenvalue weighted by molar-refractivity contribution is 5.64. The van der Waals surface area contributed by atoms with Crippen molar-refractivity contribution in [2.24, 2.45) is 0 Å². The first-order valence-corrected chi connectivity index (χ1v) is 7.91. The molecule has 0 aliphatic rings. The Kier molecular flexibility index (Phi) is 3.91. The van der Waals surface area contributed by atoms with Crippen LogP contribution in [0.1, 0.15) is 5.56 Å². The molecule has 0 aliphatic heterocycles. The lowest BCUT2D eigenvalue weighted by Gasteiger charge is -2.09. The van der Waals surface area contributed by atoms with Gasteiger partial charge in [-0.1, -0.05) is 6.07 Å². The largest absolute Gasteiger partial charge is 0.381 e. The molecule has 3 N–H and O–H groups in total. The van der Waals surface area contributed by atoms with Crippen LogP contribution in [0.3, 0.4) is 0 Å². The third-order valence-corrected chi connectivity index (χ3v) is 3.87. The quantitative estimate of drug-likeness (QED) is 0.564. The van der Waals surface area contributed by atoms with Crippen LogP contribution in [0, 0.1) is 11.3 Å². The topological polar surface area (TPSA) is 123 Å². The Bertz CT molecular complexity index is 1100. The summed E-state index contributed by atoms with van der Waals surface area (Å²) < 4.78 is 3.49. The molecular weight excluding hydrogens is 330 g/mol. The van der Waals surface area contributed by atoms with E-state index in [-0.39, 0.29) is 6.54 Å². The first kappa shape index (κ1) is 15.6. The number of nitriles is 1. The molecule has 128 valence electrons. The van der Waals surface area contributed by atoms with E-state index < -0.39 is 0 Å². The van der Waals surface area contributed by atoms with E-state index in [1.54, 1.807) is 29.5 Å². The number of hydrogen-bond acceptors (Lipinski definition) is 7. The molecule has 0 unspecified atom stereocenters. The molecule has 0 spiro atoms. The van der Waals surface area contributed by atoms with Crippen LogP contribution < -0.4 is 11.1 Å². The Hall–Kier alpha value is -3.93. The van der Waals surface area contributed by atoms with Crippen molar-refractivity contribution in [3.05, 3.63) is 54.9 Å². The van der Waals surface area contributed by atoms with E-state index in [9.17, 15) is 0 Å². The molecule has 4 aromatic heterocycles. The molecule has 4 heterocycles. The summed E-state index contributed by atoms with van der Waals surface area (Å²) in [4.78, 5) is 13.0. The molecule has 9 nitrogen and oxygen atoms in total. The molecule has 9 heteroatoms. The number of pyridine rings is 1. The zero-order valence-corrected chi connectivity index (χ0v) is 13.7. The van der Waals surface area contributed by atoms with Gasteiger partial charge in [0.2, 0.25) is 0 Å². The van der Waals surface area contributed by atoms with E-state index in [1.165, 1.54) is 0 Å². The second-order valence-corrected chi connectivity index (χ2v) is 5.66. The molecule has 0 aromatic carbocycles. The lowest BCUT2D eigenvalue weighted by atomic mass is 10.2. The van der Waals surface area contributed by atoms with Gasteiger partial charge >= 0.3 is 0 Å². The number of nitrogens with one attached hydrogen (secondary N) is 1. The minimum absolute atomic E-state index is 0.185. The van der Waals surface area contributed by atoms with Crippen molar-refractivity contribution in [3.8, 4) is 17.3 Å². The first-order valence-electron chi connectivity index (χ1n) is 7.91. The van der Waals surface area contributed by atoms with Gasteiger partial charge in [0.15, 0.2) is 11.6 Å². The fourth-order valence-electron chi connectivity index (χ4n) is 2.58. The molecular formula is C17H15N9. The average Bonchev–Trinajstić information content (AvgIpc) is 3.30. The zero-order valence-electron chi connectivity index (χ0n) is 13.7. The van der Waals surface area contributed by atoms with E-state index in [1.807, 2.05) is 35.0 Å². The number of aromatic nitrogens is 6. The molecule has 0 saturated heterocycles. The summed E-state index contributed by atoms with van der Waals surface area (Å²) >= 11 is 0. The maximum absolute atomic E-state index is 8.74. The summed E-state index contributed by atoms with van der Waals surface area (Å²) in [6.45, 7) is 0.731. The van der Waals surface area contributed by atoms with Crippen LogP contribution in [0.5, 0.6) is 0 Å². The van der Waals surface area contributed by atoms with Crippen LogP contribution in [0.25, 0.3) is 16.9 Å². The predicted molar refractivity (Wildman–Crippen MR) is 95.8 cm³/mol. The second kappa shape index (κ2) is 6.52. The molecule has 0 aliphatic carbocycles. The van der Waals surface area contributed by atoms with Crippen LogP contribution in [0.4, 0.5) is 11.6 Å². The fourth-order valence-corrected chi connectivity index (χ4v) is 2.58. The highest BCUT2D eigenvalue weighted by atomic mass is 15.3. The number of fused-ring (bicyclic) bond motifs is 1. The predicted octanol–water partition coefficient (Wildman–Crippen LogP) is 1.71. The molecule has 4 aromatic rings. The van der Waals surface area contributed by atoms with Gasteiger partial charge in [-0.3, -0.25) is 4.68 Å². The van der Waals surface area contributed by atoms with Gasteiger partial charge in [0.25, 0.3) is 0 Å². The Balaban J connectivity index is 1.54. The summed E-state index contributed by atoms with van der Waals surface area (Å²) in [6, 6.07) is 5.99. The molecule has 0 saturated carbocycles. The maximum atomic E-state index is 8.74. The number of anilines is 2. The second-order valence-electron chi connectivity index (χ2n) is 5.66. The fraction of sp³-hybridized carbons (Fsp3) is 0.118. The molecule has 0 amide bonds. The van der Waals surface area contributed by atoms with E-state index in [4.69, 9.17) is 11.0 Å². The lowest BCUT2D eigenvalue weighted by molar-refractivity contribution is 0.710. The van der Waals surface area contributed by atoms with Gasteiger partial charge in [-0.15, -0.1) is 0 Å². The lowest BCUT2D eigenvalue weighted by Crippen LogP contribution is -2.07. The van der Waals surface area contributed by atoms with Gasteiger partial charge in [-0.2, -0.15) is 10.4 Å². The summed E-state index contributed by atoms with van der Waals surface area (Å²) in [7, 11) is 0. The highest BCUT2D eigenvalue weighted by Gasteiger charge is 2.09. The van der Waals surface area contributed by atoms with Crippen LogP contribution in [0.15, 0.2) is 49.3 Å². The number of imidazole rings is 1. The number of nitrogens with two attached hydrogens (primary N) is 1. The molecule has 0 fully saturated rings. The molecule has 26 heavy (non-hydrogen) atoms. The van der Waals surface area contributed by atoms with Crippen molar-refractivity contribution in [1.82, 2.24) is 29.1 Å². The minimum Gasteiger partial charge on any atom is -0.381 e. The summed E-state index contributed by atoms with van der Waals surface area (Å²) in [5.74, 6) is 0.822. The third-order valence-electron chi connectivity index (χ3n) is 3.87. The summed E-state index contributed by atoms with van der Waals surface area (Å²) in [5, 5.41) is 16.1. The molecule has 0 radical (unpaired) electrons. The smallest absolute Gasteiger partial charge is 0.169 e. The number of nitrogens with zero attached hydrogens (tertiary/aromatic N) is 7. The van der Waals surface area contributed by atoms with Gasteiger partial charge in [-0.25, -0.2) is 15.0 Å². The van der Waals surface area contributed by atoms with Crippen molar-refractivity contribution in [2.75, 3.05) is 11.1 Å².